The lowest BCUT2D eigenvalue weighted by Crippen LogP contribution is -2.38. The highest BCUT2D eigenvalue weighted by Gasteiger charge is 2.15. The monoisotopic (exact) mass is 535 g/mol. The van der Waals surface area contributed by atoms with E-state index in [-0.39, 0.29) is 36.1 Å². The molecule has 0 heterocycles. The van der Waals surface area contributed by atoms with Gasteiger partial charge in [-0.3, -0.25) is 4.99 Å². The lowest BCUT2D eigenvalue weighted by molar-refractivity contribution is 0.182. The molecule has 3 N–H and O–H groups in total. The molecule has 0 radical (unpaired) electrons. The van der Waals surface area contributed by atoms with Gasteiger partial charge in [0.1, 0.15) is 29.2 Å². The summed E-state index contributed by atoms with van der Waals surface area (Å²) in [6.45, 7) is 2.95. The van der Waals surface area contributed by atoms with E-state index < -0.39 is 17.7 Å². The first-order chi connectivity index (χ1) is 14.0. The van der Waals surface area contributed by atoms with Crippen molar-refractivity contribution < 1.29 is 23.4 Å². The molecule has 2 aromatic rings. The zero-order valence-electron chi connectivity index (χ0n) is 17.2. The predicted octanol–water partition coefficient (Wildman–Crippen LogP) is 3.43. The van der Waals surface area contributed by atoms with Crippen LogP contribution in [0.15, 0.2) is 41.4 Å². The Morgan fingerprint density at radius 3 is 2.53 bits per heavy atom. The van der Waals surface area contributed by atoms with E-state index in [9.17, 15) is 13.9 Å². The van der Waals surface area contributed by atoms with Gasteiger partial charge < -0.3 is 25.2 Å². The van der Waals surface area contributed by atoms with Crippen LogP contribution in [0.25, 0.3) is 0 Å². The summed E-state index contributed by atoms with van der Waals surface area (Å²) in [6, 6.07) is 8.55. The third kappa shape index (κ3) is 7.60. The molecule has 2 aromatic carbocycles. The highest BCUT2D eigenvalue weighted by Crippen LogP contribution is 2.29. The minimum absolute atomic E-state index is 0. The number of methoxy groups -OCH3 is 2. The van der Waals surface area contributed by atoms with Gasteiger partial charge in [-0.15, -0.1) is 24.0 Å². The molecule has 0 saturated heterocycles. The zero-order valence-corrected chi connectivity index (χ0v) is 19.6. The smallest absolute Gasteiger partial charge is 0.191 e. The Kier molecular flexibility index (Phi) is 11.4. The van der Waals surface area contributed by atoms with Crippen molar-refractivity contribution in [1.29, 1.82) is 0 Å². The molecule has 0 aliphatic rings. The number of nitrogens with zero attached hydrogens (tertiary/aromatic N) is 1. The van der Waals surface area contributed by atoms with Crippen molar-refractivity contribution in [3.05, 3.63) is 59.2 Å². The standard InChI is InChI=1S/C21H27F2N3O3.HI/c1-4-24-21(25-10-9-14-11-15(22)5-7-18(14)23)26-13-19(27)17-12-16(28-2)6-8-20(17)29-3;/h5-8,11-12,19,27H,4,9-10,13H2,1-3H3,(H2,24,25,26);1H. The van der Waals surface area contributed by atoms with E-state index in [1.165, 1.54) is 13.2 Å². The molecular weight excluding hydrogens is 507 g/mol. The number of rotatable bonds is 9. The van der Waals surface area contributed by atoms with Crippen LogP contribution in [-0.2, 0) is 6.42 Å². The van der Waals surface area contributed by atoms with Crippen LogP contribution >= 0.6 is 24.0 Å². The summed E-state index contributed by atoms with van der Waals surface area (Å²) in [6.07, 6.45) is -0.614. The normalized spacial score (nSPS) is 12.0. The molecule has 0 aliphatic heterocycles. The number of hydrogen-bond acceptors (Lipinski definition) is 4. The van der Waals surface area contributed by atoms with Crippen LogP contribution in [0.1, 0.15) is 24.2 Å². The lowest BCUT2D eigenvalue weighted by atomic mass is 10.1. The zero-order chi connectivity index (χ0) is 21.2. The number of aliphatic hydroxyl groups excluding tert-OH is 1. The van der Waals surface area contributed by atoms with Crippen molar-refractivity contribution in [3.8, 4) is 11.5 Å². The topological polar surface area (TPSA) is 75.1 Å². The minimum atomic E-state index is -0.906. The Bertz CT molecular complexity index is 837. The summed E-state index contributed by atoms with van der Waals surface area (Å²) in [7, 11) is 3.07. The number of guanidine groups is 1. The molecule has 9 heteroatoms. The summed E-state index contributed by atoms with van der Waals surface area (Å²) < 4.78 is 37.5. The van der Waals surface area contributed by atoms with Crippen LogP contribution in [-0.4, -0.2) is 44.9 Å². The molecule has 1 atom stereocenters. The summed E-state index contributed by atoms with van der Waals surface area (Å²) in [4.78, 5) is 4.37. The Morgan fingerprint density at radius 2 is 1.87 bits per heavy atom. The molecule has 0 aliphatic carbocycles. The van der Waals surface area contributed by atoms with Gasteiger partial charge in [0.05, 0.1) is 20.8 Å². The molecular formula is C21H28F2IN3O3. The summed E-state index contributed by atoms with van der Waals surface area (Å²) in [5.41, 5.74) is 0.850. The molecule has 0 aromatic heterocycles. The van der Waals surface area contributed by atoms with Crippen LogP contribution in [0.5, 0.6) is 11.5 Å². The van der Waals surface area contributed by atoms with Gasteiger partial charge in [-0.2, -0.15) is 0 Å². The molecule has 30 heavy (non-hydrogen) atoms. The van der Waals surface area contributed by atoms with E-state index in [1.807, 2.05) is 6.92 Å². The van der Waals surface area contributed by atoms with Crippen LogP contribution in [0.3, 0.4) is 0 Å². The fourth-order valence-corrected chi connectivity index (χ4v) is 2.77. The number of nitrogens with one attached hydrogen (secondary N) is 2. The third-order valence-corrected chi connectivity index (χ3v) is 4.26. The van der Waals surface area contributed by atoms with Gasteiger partial charge in [0, 0.05) is 18.7 Å². The molecule has 1 unspecified atom stereocenters. The molecule has 0 bridgehead atoms. The van der Waals surface area contributed by atoms with Gasteiger partial charge in [0.25, 0.3) is 0 Å². The van der Waals surface area contributed by atoms with Crippen molar-refractivity contribution in [2.75, 3.05) is 33.9 Å². The molecule has 2 rings (SSSR count). The molecule has 166 valence electrons. The number of aliphatic hydroxyl groups is 1. The van der Waals surface area contributed by atoms with Crippen LogP contribution < -0.4 is 20.1 Å². The summed E-state index contributed by atoms with van der Waals surface area (Å²) in [5, 5.41) is 16.7. The van der Waals surface area contributed by atoms with Gasteiger partial charge in [0.2, 0.25) is 0 Å². The maximum atomic E-state index is 13.7. The Morgan fingerprint density at radius 1 is 1.10 bits per heavy atom. The first-order valence-electron chi connectivity index (χ1n) is 9.34. The second-order valence-corrected chi connectivity index (χ2v) is 6.26. The van der Waals surface area contributed by atoms with Gasteiger partial charge in [-0.1, -0.05) is 0 Å². The van der Waals surface area contributed by atoms with Crippen molar-refractivity contribution in [2.24, 2.45) is 4.99 Å². The number of ether oxygens (including phenoxy) is 2. The molecule has 0 spiro atoms. The number of aliphatic imine (C=N–C) groups is 1. The maximum absolute atomic E-state index is 13.7. The van der Waals surface area contributed by atoms with E-state index in [2.05, 4.69) is 15.6 Å². The average Bonchev–Trinajstić information content (AvgIpc) is 2.73. The first-order valence-corrected chi connectivity index (χ1v) is 9.34. The predicted molar refractivity (Wildman–Crippen MR) is 124 cm³/mol. The van der Waals surface area contributed by atoms with Crippen molar-refractivity contribution in [2.45, 2.75) is 19.4 Å². The van der Waals surface area contributed by atoms with E-state index >= 15 is 0 Å². The Labute approximate surface area is 192 Å². The highest BCUT2D eigenvalue weighted by atomic mass is 127. The van der Waals surface area contributed by atoms with Gasteiger partial charge in [-0.05, 0) is 55.3 Å². The second kappa shape index (κ2) is 13.2. The molecule has 0 amide bonds. The van der Waals surface area contributed by atoms with E-state index in [1.54, 1.807) is 25.3 Å². The fourth-order valence-electron chi connectivity index (χ4n) is 2.77. The van der Waals surface area contributed by atoms with Crippen molar-refractivity contribution in [1.82, 2.24) is 10.6 Å². The summed E-state index contributed by atoms with van der Waals surface area (Å²) >= 11 is 0. The number of benzene rings is 2. The quantitative estimate of drug-likeness (QED) is 0.261. The lowest BCUT2D eigenvalue weighted by Gasteiger charge is -2.16. The number of halogens is 3. The Hall–Kier alpha value is -2.14. The van der Waals surface area contributed by atoms with Crippen molar-refractivity contribution >= 4 is 29.9 Å². The minimum Gasteiger partial charge on any atom is -0.497 e. The molecule has 6 nitrogen and oxygen atoms in total. The van der Waals surface area contributed by atoms with Gasteiger partial charge in [0.15, 0.2) is 5.96 Å². The van der Waals surface area contributed by atoms with Crippen molar-refractivity contribution in [3.63, 3.8) is 0 Å². The van der Waals surface area contributed by atoms with E-state index in [0.29, 0.717) is 42.5 Å². The first kappa shape index (κ1) is 25.9. The SMILES string of the molecule is CCNC(=NCC(O)c1cc(OC)ccc1OC)NCCc1cc(F)ccc1F.I. The highest BCUT2D eigenvalue weighted by molar-refractivity contribution is 14.0. The third-order valence-electron chi connectivity index (χ3n) is 4.26. The average molecular weight is 535 g/mol. The van der Waals surface area contributed by atoms with Gasteiger partial charge in [-0.25, -0.2) is 8.78 Å². The maximum Gasteiger partial charge on any atom is 0.191 e. The van der Waals surface area contributed by atoms with Gasteiger partial charge >= 0.3 is 0 Å². The number of hydrogen-bond donors (Lipinski definition) is 3. The second-order valence-electron chi connectivity index (χ2n) is 6.26. The Balaban J connectivity index is 0.00000450. The summed E-state index contributed by atoms with van der Waals surface area (Å²) in [5.74, 6) is 0.678. The molecule has 0 fully saturated rings. The largest absolute Gasteiger partial charge is 0.497 e. The van der Waals surface area contributed by atoms with E-state index in [0.717, 1.165) is 12.1 Å². The fraction of sp³-hybridized carbons (Fsp3) is 0.381. The van der Waals surface area contributed by atoms with Crippen LogP contribution in [0, 0.1) is 11.6 Å². The van der Waals surface area contributed by atoms with Crippen LogP contribution in [0.4, 0.5) is 8.78 Å². The van der Waals surface area contributed by atoms with E-state index in [4.69, 9.17) is 9.47 Å². The molecule has 0 saturated carbocycles. The van der Waals surface area contributed by atoms with Crippen LogP contribution in [0.2, 0.25) is 0 Å².